The Balaban J connectivity index is -0.000000980. The maximum Gasteiger partial charge on any atom is 1.00 e. The molecule has 0 saturated carbocycles. The fourth-order valence-corrected chi connectivity index (χ4v) is 1.42. The standard InChI is InChI=1S/C9H20N2O2S2.Na.H/c1-3-5-6-7(4-2)8(10)13-9(12)11(14)15;;/h7-8,14-15H,3-6,10H2,1-2H3;;/q;+1;-1. The first kappa shape index (κ1) is 19.3. The van der Waals surface area contributed by atoms with Crippen molar-refractivity contribution in [2.75, 3.05) is 0 Å². The van der Waals surface area contributed by atoms with E-state index in [-0.39, 0.29) is 36.9 Å². The summed E-state index contributed by atoms with van der Waals surface area (Å²) in [4.78, 5) is 11.1. The van der Waals surface area contributed by atoms with Gasteiger partial charge in [0.2, 0.25) is 0 Å². The maximum atomic E-state index is 11.1. The van der Waals surface area contributed by atoms with E-state index in [2.05, 4.69) is 32.6 Å². The number of nitrogens with two attached hydrogens (primary N) is 1. The van der Waals surface area contributed by atoms with Gasteiger partial charge in [-0.1, -0.05) is 26.7 Å². The minimum atomic E-state index is -0.635. The van der Waals surface area contributed by atoms with E-state index in [1.165, 1.54) is 0 Å². The van der Waals surface area contributed by atoms with Gasteiger partial charge in [-0.2, -0.15) is 3.71 Å². The first-order valence-corrected chi connectivity index (χ1v) is 5.96. The molecule has 0 aliphatic heterocycles. The van der Waals surface area contributed by atoms with Crippen LogP contribution in [-0.2, 0) is 4.74 Å². The van der Waals surface area contributed by atoms with Crippen molar-refractivity contribution in [2.24, 2.45) is 11.7 Å². The van der Waals surface area contributed by atoms with Gasteiger partial charge in [-0.25, -0.2) is 4.79 Å². The second-order valence-corrected chi connectivity index (χ2v) is 4.56. The van der Waals surface area contributed by atoms with Gasteiger partial charge in [0.25, 0.3) is 0 Å². The van der Waals surface area contributed by atoms with E-state index in [4.69, 9.17) is 10.5 Å². The molecule has 0 fully saturated rings. The summed E-state index contributed by atoms with van der Waals surface area (Å²) in [6.07, 6.45) is 2.87. The summed E-state index contributed by atoms with van der Waals surface area (Å²) in [5, 5.41) is 0. The van der Waals surface area contributed by atoms with E-state index in [9.17, 15) is 4.79 Å². The van der Waals surface area contributed by atoms with Crippen molar-refractivity contribution in [3.63, 3.8) is 0 Å². The molecule has 1 amide bonds. The molecule has 4 nitrogen and oxygen atoms in total. The number of unbranched alkanes of at least 4 members (excludes halogenated alkanes) is 1. The van der Waals surface area contributed by atoms with E-state index >= 15 is 0 Å². The first-order valence-electron chi connectivity index (χ1n) is 5.16. The average molecular weight is 276 g/mol. The number of hydrogen-bond acceptors (Lipinski definition) is 5. The second kappa shape index (κ2) is 11.0. The van der Waals surface area contributed by atoms with Crippen LogP contribution in [0.4, 0.5) is 4.79 Å². The molecule has 0 heterocycles. The number of carbonyl (C=O) groups excluding carboxylic acids is 1. The minimum absolute atomic E-state index is 0. The Bertz CT molecular complexity index is 202. The fraction of sp³-hybridized carbons (Fsp3) is 0.889. The Hall–Kier alpha value is 0.930. The number of carbonyl (C=O) groups is 1. The SMILES string of the molecule is CCCCC(CC)C(N)OC(=O)N(S)S.[H-].[Na+]. The number of ether oxygens (including phenoxy) is 1. The smallest absolute Gasteiger partial charge is 1.00 e. The summed E-state index contributed by atoms with van der Waals surface area (Å²) >= 11 is 7.41. The van der Waals surface area contributed by atoms with Gasteiger partial charge in [-0.05, 0) is 38.5 Å². The molecule has 0 aliphatic carbocycles. The Kier molecular flexibility index (Phi) is 13.3. The summed E-state index contributed by atoms with van der Waals surface area (Å²) in [5.41, 5.74) is 5.77. The molecule has 0 rings (SSSR count). The predicted molar refractivity (Wildman–Crippen MR) is 68.7 cm³/mol. The molecular formula is C9H21N2NaO2S2. The third kappa shape index (κ3) is 8.08. The van der Waals surface area contributed by atoms with Gasteiger partial charge >= 0.3 is 35.7 Å². The molecule has 92 valence electrons. The molecule has 0 radical (unpaired) electrons. The van der Waals surface area contributed by atoms with Gasteiger partial charge in [0, 0.05) is 5.92 Å². The molecule has 7 heteroatoms. The van der Waals surface area contributed by atoms with Crippen molar-refractivity contribution >= 4 is 31.7 Å². The van der Waals surface area contributed by atoms with Gasteiger partial charge in [0.1, 0.15) is 0 Å². The van der Waals surface area contributed by atoms with Gasteiger partial charge < -0.3 is 6.16 Å². The Morgan fingerprint density at radius 3 is 2.44 bits per heavy atom. The maximum absolute atomic E-state index is 11.1. The van der Waals surface area contributed by atoms with Crippen molar-refractivity contribution in [2.45, 2.75) is 45.8 Å². The molecule has 0 bridgehead atoms. The number of amides is 1. The van der Waals surface area contributed by atoms with Crippen LogP contribution in [0.1, 0.15) is 41.0 Å². The summed E-state index contributed by atoms with van der Waals surface area (Å²) in [5.74, 6) is 0.204. The van der Waals surface area contributed by atoms with Crippen LogP contribution >= 0.6 is 25.6 Å². The van der Waals surface area contributed by atoms with Gasteiger partial charge in [-0.3, -0.25) is 5.73 Å². The summed E-state index contributed by atoms with van der Waals surface area (Å²) < 4.78 is 5.76. The van der Waals surface area contributed by atoms with Crippen molar-refractivity contribution < 1.29 is 40.5 Å². The van der Waals surface area contributed by atoms with E-state index < -0.39 is 12.3 Å². The average Bonchev–Trinajstić information content (AvgIpc) is 2.18. The second-order valence-electron chi connectivity index (χ2n) is 3.45. The Morgan fingerprint density at radius 1 is 1.50 bits per heavy atom. The molecule has 0 spiro atoms. The first-order chi connectivity index (χ1) is 7.02. The zero-order chi connectivity index (χ0) is 11.8. The third-order valence-corrected chi connectivity index (χ3v) is 2.64. The normalized spacial score (nSPS) is 13.6. The topological polar surface area (TPSA) is 55.6 Å². The van der Waals surface area contributed by atoms with Crippen LogP contribution in [0, 0.1) is 5.92 Å². The number of hydrogen-bond donors (Lipinski definition) is 3. The zero-order valence-corrected chi connectivity index (χ0v) is 14.0. The van der Waals surface area contributed by atoms with Crippen LogP contribution in [0.15, 0.2) is 0 Å². The van der Waals surface area contributed by atoms with Gasteiger partial charge in [-0.15, -0.1) is 0 Å². The molecule has 2 atom stereocenters. The van der Waals surface area contributed by atoms with E-state index in [0.717, 1.165) is 29.4 Å². The van der Waals surface area contributed by atoms with E-state index in [1.54, 1.807) is 0 Å². The Morgan fingerprint density at radius 2 is 2.06 bits per heavy atom. The fourth-order valence-electron chi connectivity index (χ4n) is 1.33. The third-order valence-electron chi connectivity index (χ3n) is 2.32. The van der Waals surface area contributed by atoms with Crippen molar-refractivity contribution in [3.8, 4) is 0 Å². The van der Waals surface area contributed by atoms with Crippen molar-refractivity contribution in [1.82, 2.24) is 3.71 Å². The van der Waals surface area contributed by atoms with Crippen molar-refractivity contribution in [3.05, 3.63) is 0 Å². The van der Waals surface area contributed by atoms with Crippen LogP contribution in [0.5, 0.6) is 0 Å². The van der Waals surface area contributed by atoms with Gasteiger partial charge in [0.15, 0.2) is 6.23 Å². The van der Waals surface area contributed by atoms with Crippen LogP contribution in [0.3, 0.4) is 0 Å². The molecule has 0 aromatic carbocycles. The van der Waals surface area contributed by atoms with E-state index in [0.29, 0.717) is 0 Å². The molecular weight excluding hydrogens is 255 g/mol. The molecule has 0 aliphatic rings. The summed E-state index contributed by atoms with van der Waals surface area (Å²) in [6.45, 7) is 4.15. The quantitative estimate of drug-likeness (QED) is 0.356. The molecule has 2 unspecified atom stereocenters. The predicted octanol–water partition coefficient (Wildman–Crippen LogP) is -0.268. The molecule has 0 aromatic rings. The minimum Gasteiger partial charge on any atom is -1.00 e. The number of nitrogens with zero attached hydrogens (tertiary/aromatic N) is 1. The zero-order valence-electron chi connectivity index (χ0n) is 11.2. The van der Waals surface area contributed by atoms with Crippen LogP contribution < -0.4 is 35.3 Å². The van der Waals surface area contributed by atoms with Gasteiger partial charge in [0.05, 0.1) is 0 Å². The number of rotatable bonds is 6. The van der Waals surface area contributed by atoms with Crippen molar-refractivity contribution in [1.29, 1.82) is 0 Å². The van der Waals surface area contributed by atoms with E-state index in [1.807, 2.05) is 6.92 Å². The molecule has 16 heavy (non-hydrogen) atoms. The van der Waals surface area contributed by atoms with Crippen LogP contribution in [0.2, 0.25) is 0 Å². The Labute approximate surface area is 133 Å². The molecule has 0 saturated heterocycles. The number of thiol groups is 2. The van der Waals surface area contributed by atoms with Crippen LogP contribution in [-0.4, -0.2) is 16.0 Å². The monoisotopic (exact) mass is 276 g/mol. The molecule has 0 aromatic heterocycles. The summed E-state index contributed by atoms with van der Waals surface area (Å²) in [6, 6.07) is 0. The van der Waals surface area contributed by atoms with Crippen LogP contribution in [0.25, 0.3) is 0 Å². The largest absolute Gasteiger partial charge is 1.00 e. The summed E-state index contributed by atoms with van der Waals surface area (Å²) in [7, 11) is 0. The molecule has 2 N–H and O–H groups in total.